The van der Waals surface area contributed by atoms with E-state index in [-0.39, 0.29) is 17.0 Å². The highest BCUT2D eigenvalue weighted by Crippen LogP contribution is 2.28. The van der Waals surface area contributed by atoms with E-state index >= 15 is 0 Å². The second kappa shape index (κ2) is 6.78. The van der Waals surface area contributed by atoms with E-state index in [9.17, 15) is 20.0 Å². The van der Waals surface area contributed by atoms with Crippen LogP contribution in [0.25, 0.3) is 0 Å². The summed E-state index contributed by atoms with van der Waals surface area (Å²) in [5, 5.41) is 29.6. The number of nitro benzene ring substituents is 1. The fourth-order valence-electron chi connectivity index (χ4n) is 2.07. The zero-order valence-corrected chi connectivity index (χ0v) is 13.0. The van der Waals surface area contributed by atoms with Gasteiger partial charge in [-0.2, -0.15) is 0 Å². The molecule has 124 valence electrons. The van der Waals surface area contributed by atoms with Crippen LogP contribution in [0.15, 0.2) is 41.4 Å². The van der Waals surface area contributed by atoms with Gasteiger partial charge in [0.25, 0.3) is 5.69 Å². The number of hydrogen-bond donors (Lipinski definition) is 2. The summed E-state index contributed by atoms with van der Waals surface area (Å²) in [5.41, 5.74) is 0.955. The number of carboxylic acids is 1. The van der Waals surface area contributed by atoms with Gasteiger partial charge in [-0.3, -0.25) is 15.1 Å². The van der Waals surface area contributed by atoms with Gasteiger partial charge in [-0.15, -0.1) is 0 Å². The highest BCUT2D eigenvalue weighted by Gasteiger charge is 2.15. The number of carboxylic acid groups (broad SMARTS) is 1. The maximum absolute atomic E-state index is 11.2. The van der Waals surface area contributed by atoms with Crippen molar-refractivity contribution in [3.05, 3.63) is 57.6 Å². The number of hydrogen-bond acceptors (Lipinski definition) is 6. The first-order chi connectivity index (χ1) is 11.3. The molecule has 0 atom stereocenters. The van der Waals surface area contributed by atoms with Gasteiger partial charge in [-0.1, -0.05) is 6.07 Å². The molecule has 0 fully saturated rings. The predicted octanol–water partition coefficient (Wildman–Crippen LogP) is 2.82. The van der Waals surface area contributed by atoms with E-state index in [0.717, 1.165) is 0 Å². The standard InChI is InChI=1S/C16H15N3O5/c1-18(2)13-5-3-10(7-14(13)19(23)24)9-17-11-4-6-15(20)12(8-11)16(21)22/h3-9,20H,1-2H3,(H,21,22). The predicted molar refractivity (Wildman–Crippen MR) is 89.7 cm³/mol. The van der Waals surface area contributed by atoms with Crippen molar-refractivity contribution in [1.29, 1.82) is 0 Å². The summed E-state index contributed by atoms with van der Waals surface area (Å²) in [6.45, 7) is 0. The monoisotopic (exact) mass is 329 g/mol. The minimum absolute atomic E-state index is 0.0547. The molecule has 8 heteroatoms. The van der Waals surface area contributed by atoms with E-state index in [0.29, 0.717) is 16.9 Å². The average molecular weight is 329 g/mol. The molecule has 0 aromatic heterocycles. The number of nitrogens with zero attached hydrogens (tertiary/aromatic N) is 3. The fourth-order valence-corrected chi connectivity index (χ4v) is 2.07. The van der Waals surface area contributed by atoms with Gasteiger partial charge in [-0.25, -0.2) is 4.79 Å². The highest BCUT2D eigenvalue weighted by atomic mass is 16.6. The molecule has 0 aliphatic heterocycles. The molecular formula is C16H15N3O5. The topological polar surface area (TPSA) is 116 Å². The first kappa shape index (κ1) is 16.9. The number of phenols is 1. The number of rotatable bonds is 5. The molecule has 0 saturated heterocycles. The van der Waals surface area contributed by atoms with E-state index in [2.05, 4.69) is 4.99 Å². The van der Waals surface area contributed by atoms with Crippen LogP contribution in [0.5, 0.6) is 5.75 Å². The third kappa shape index (κ3) is 3.67. The van der Waals surface area contributed by atoms with Crippen LogP contribution in [-0.4, -0.2) is 41.4 Å². The average Bonchev–Trinajstić information content (AvgIpc) is 2.53. The second-order valence-electron chi connectivity index (χ2n) is 5.16. The zero-order chi connectivity index (χ0) is 17.9. The Balaban J connectivity index is 2.36. The molecule has 2 rings (SSSR count). The highest BCUT2D eigenvalue weighted by molar-refractivity contribution is 5.92. The Kier molecular flexibility index (Phi) is 4.78. The normalized spacial score (nSPS) is 10.8. The fraction of sp³-hybridized carbons (Fsp3) is 0.125. The minimum atomic E-state index is -1.27. The number of anilines is 1. The van der Waals surface area contributed by atoms with Crippen molar-refractivity contribution in [2.24, 2.45) is 4.99 Å². The van der Waals surface area contributed by atoms with Crippen LogP contribution in [-0.2, 0) is 0 Å². The minimum Gasteiger partial charge on any atom is -0.507 e. The lowest BCUT2D eigenvalue weighted by atomic mass is 10.1. The van der Waals surface area contributed by atoms with Crippen LogP contribution >= 0.6 is 0 Å². The molecule has 24 heavy (non-hydrogen) atoms. The summed E-state index contributed by atoms with van der Waals surface area (Å²) in [4.78, 5) is 27.4. The van der Waals surface area contributed by atoms with Crippen molar-refractivity contribution in [2.45, 2.75) is 0 Å². The van der Waals surface area contributed by atoms with Crippen LogP contribution in [0.1, 0.15) is 15.9 Å². The van der Waals surface area contributed by atoms with Crippen molar-refractivity contribution in [2.75, 3.05) is 19.0 Å². The van der Waals surface area contributed by atoms with Crippen molar-refractivity contribution < 1.29 is 19.9 Å². The van der Waals surface area contributed by atoms with Gasteiger partial charge in [0.05, 0.1) is 10.6 Å². The summed E-state index contributed by atoms with van der Waals surface area (Å²) < 4.78 is 0. The van der Waals surface area contributed by atoms with E-state index < -0.39 is 10.9 Å². The molecule has 0 heterocycles. The smallest absolute Gasteiger partial charge is 0.339 e. The Morgan fingerprint density at radius 2 is 1.96 bits per heavy atom. The van der Waals surface area contributed by atoms with E-state index in [1.165, 1.54) is 30.5 Å². The van der Waals surface area contributed by atoms with Crippen molar-refractivity contribution in [1.82, 2.24) is 0 Å². The number of benzene rings is 2. The Morgan fingerprint density at radius 3 is 2.54 bits per heavy atom. The summed E-state index contributed by atoms with van der Waals surface area (Å²) in [6.07, 6.45) is 1.39. The molecule has 0 amide bonds. The summed E-state index contributed by atoms with van der Waals surface area (Å²) >= 11 is 0. The Bertz CT molecular complexity index is 830. The lowest BCUT2D eigenvalue weighted by Gasteiger charge is -2.12. The molecule has 0 aliphatic carbocycles. The molecule has 0 bridgehead atoms. The molecule has 0 unspecified atom stereocenters. The molecular weight excluding hydrogens is 314 g/mol. The number of aromatic hydroxyl groups is 1. The molecule has 2 aromatic rings. The Hall–Kier alpha value is -3.42. The number of nitro groups is 1. The van der Waals surface area contributed by atoms with Gasteiger partial charge in [0.15, 0.2) is 0 Å². The van der Waals surface area contributed by atoms with Crippen molar-refractivity contribution >= 4 is 29.2 Å². The lowest BCUT2D eigenvalue weighted by molar-refractivity contribution is -0.384. The van der Waals surface area contributed by atoms with Crippen LogP contribution in [0.3, 0.4) is 0 Å². The molecule has 2 N–H and O–H groups in total. The van der Waals surface area contributed by atoms with E-state index in [4.69, 9.17) is 5.11 Å². The van der Waals surface area contributed by atoms with Gasteiger partial charge in [0, 0.05) is 26.4 Å². The van der Waals surface area contributed by atoms with Crippen LogP contribution < -0.4 is 4.90 Å². The quantitative estimate of drug-likeness (QED) is 0.495. The van der Waals surface area contributed by atoms with Gasteiger partial charge in [0.2, 0.25) is 0 Å². The van der Waals surface area contributed by atoms with Gasteiger partial charge >= 0.3 is 5.97 Å². The largest absolute Gasteiger partial charge is 0.507 e. The molecule has 0 saturated carbocycles. The number of aliphatic imine (C=N–C) groups is 1. The van der Waals surface area contributed by atoms with Crippen LogP contribution in [0.4, 0.5) is 17.1 Å². The first-order valence-electron chi connectivity index (χ1n) is 6.85. The maximum Gasteiger partial charge on any atom is 0.339 e. The Labute approximate surface area is 137 Å². The summed E-state index contributed by atoms with van der Waals surface area (Å²) in [7, 11) is 3.42. The van der Waals surface area contributed by atoms with Gasteiger partial charge in [0.1, 0.15) is 17.0 Å². The summed E-state index contributed by atoms with van der Waals surface area (Å²) in [6, 6.07) is 8.56. The molecule has 0 spiro atoms. The molecule has 0 aliphatic rings. The van der Waals surface area contributed by atoms with Gasteiger partial charge in [-0.05, 0) is 29.8 Å². The number of carbonyl (C=O) groups is 1. The second-order valence-corrected chi connectivity index (χ2v) is 5.16. The third-order valence-corrected chi connectivity index (χ3v) is 3.25. The lowest BCUT2D eigenvalue weighted by Crippen LogP contribution is -2.11. The molecule has 0 radical (unpaired) electrons. The van der Waals surface area contributed by atoms with E-state index in [1.54, 1.807) is 31.1 Å². The van der Waals surface area contributed by atoms with Crippen molar-refractivity contribution in [3.63, 3.8) is 0 Å². The zero-order valence-electron chi connectivity index (χ0n) is 13.0. The van der Waals surface area contributed by atoms with Crippen LogP contribution in [0, 0.1) is 10.1 Å². The van der Waals surface area contributed by atoms with Crippen LogP contribution in [0.2, 0.25) is 0 Å². The van der Waals surface area contributed by atoms with E-state index in [1.807, 2.05) is 0 Å². The third-order valence-electron chi connectivity index (χ3n) is 3.25. The van der Waals surface area contributed by atoms with Gasteiger partial charge < -0.3 is 15.1 Å². The number of aromatic carboxylic acids is 1. The molecule has 2 aromatic carbocycles. The maximum atomic E-state index is 11.2. The van der Waals surface area contributed by atoms with Crippen molar-refractivity contribution in [3.8, 4) is 5.75 Å². The first-order valence-corrected chi connectivity index (χ1v) is 6.85. The Morgan fingerprint density at radius 1 is 1.25 bits per heavy atom. The summed E-state index contributed by atoms with van der Waals surface area (Å²) in [5.74, 6) is -1.62. The SMILES string of the molecule is CN(C)c1ccc(C=Nc2ccc(O)c(C(=O)O)c2)cc1[N+](=O)[O-]. The molecule has 8 nitrogen and oxygen atoms in total.